The minimum absolute atomic E-state index is 0.000510. The van der Waals surface area contributed by atoms with E-state index in [0.29, 0.717) is 24.1 Å². The van der Waals surface area contributed by atoms with Gasteiger partial charge in [0.2, 0.25) is 0 Å². The van der Waals surface area contributed by atoms with Crippen molar-refractivity contribution in [1.82, 2.24) is 0 Å². The lowest BCUT2D eigenvalue weighted by atomic mass is 10.0. The number of phenolic OH excluding ortho intramolecular Hbond substituents is 1. The Morgan fingerprint density at radius 3 is 2.17 bits per heavy atom. The number of hydrogen-bond donors (Lipinski definition) is 3. The van der Waals surface area contributed by atoms with Crippen LogP contribution in [0.25, 0.3) is 0 Å². The lowest BCUT2D eigenvalue weighted by molar-refractivity contribution is 0.00645. The summed E-state index contributed by atoms with van der Waals surface area (Å²) in [6.07, 6.45) is 0.0307. The predicted molar refractivity (Wildman–Crippen MR) is 130 cm³/mol. The number of carbonyl (C=O) groups is 3. The molecule has 9 nitrogen and oxygen atoms in total. The third-order valence-electron chi connectivity index (χ3n) is 4.43. The Labute approximate surface area is 205 Å². The lowest BCUT2D eigenvalue weighted by Crippen LogP contribution is -2.27. The van der Waals surface area contributed by atoms with E-state index in [0.717, 1.165) is 0 Å². The third-order valence-corrected chi connectivity index (χ3v) is 4.43. The van der Waals surface area contributed by atoms with Crippen LogP contribution in [0.3, 0.4) is 0 Å². The van der Waals surface area contributed by atoms with Crippen LogP contribution in [-0.2, 0) is 15.9 Å². The number of ether oxygens (including phenoxy) is 3. The molecule has 0 spiro atoms. The minimum atomic E-state index is -1.10. The number of carbonyl (C=O) groups excluding carboxylic acids is 2. The van der Waals surface area contributed by atoms with E-state index in [4.69, 9.17) is 14.2 Å². The number of carboxylic acid groups (broad SMARTS) is 1. The second-order valence-corrected chi connectivity index (χ2v) is 9.91. The number of carboxylic acids is 1. The van der Waals surface area contributed by atoms with Gasteiger partial charge in [-0.1, -0.05) is 6.07 Å². The van der Waals surface area contributed by atoms with Gasteiger partial charge < -0.3 is 24.4 Å². The maximum absolute atomic E-state index is 12.5. The van der Waals surface area contributed by atoms with Crippen molar-refractivity contribution in [3.8, 4) is 11.5 Å². The molecule has 2 aromatic rings. The molecule has 2 aromatic carbocycles. The molecule has 9 heteroatoms. The van der Waals surface area contributed by atoms with Crippen LogP contribution in [0.15, 0.2) is 36.4 Å². The highest BCUT2D eigenvalue weighted by molar-refractivity contribution is 5.94. The van der Waals surface area contributed by atoms with Gasteiger partial charge in [-0.2, -0.15) is 0 Å². The number of aryl methyl sites for hydroxylation is 1. The maximum Gasteiger partial charge on any atom is 0.412 e. The number of anilines is 1. The number of amides is 1. The summed E-state index contributed by atoms with van der Waals surface area (Å²) in [4.78, 5) is 36.2. The average Bonchev–Trinajstić information content (AvgIpc) is 2.69. The summed E-state index contributed by atoms with van der Waals surface area (Å²) >= 11 is 0. The summed E-state index contributed by atoms with van der Waals surface area (Å²) in [5, 5.41) is 22.3. The topological polar surface area (TPSA) is 131 Å². The van der Waals surface area contributed by atoms with Crippen LogP contribution in [0.1, 0.15) is 74.2 Å². The summed E-state index contributed by atoms with van der Waals surface area (Å²) in [6.45, 7) is 10.5. The maximum atomic E-state index is 12.5. The summed E-state index contributed by atoms with van der Waals surface area (Å²) in [7, 11) is 0. The van der Waals surface area contributed by atoms with Crippen molar-refractivity contribution in [1.29, 1.82) is 0 Å². The number of benzene rings is 2. The number of hydrogen-bond acceptors (Lipinski definition) is 7. The largest absolute Gasteiger partial charge is 0.504 e. The molecule has 0 saturated carbocycles. The van der Waals surface area contributed by atoms with Gasteiger partial charge in [0.05, 0.1) is 12.2 Å². The van der Waals surface area contributed by atoms with Gasteiger partial charge >= 0.3 is 18.0 Å². The summed E-state index contributed by atoms with van der Waals surface area (Å²) in [5.74, 6) is -1.93. The fraction of sp³-hybridized carbons (Fsp3) is 0.423. The average molecular weight is 488 g/mol. The van der Waals surface area contributed by atoms with Crippen molar-refractivity contribution in [3.05, 3.63) is 53.1 Å². The zero-order valence-corrected chi connectivity index (χ0v) is 20.9. The first-order valence-corrected chi connectivity index (χ1v) is 11.2. The van der Waals surface area contributed by atoms with Crippen LogP contribution >= 0.6 is 0 Å². The van der Waals surface area contributed by atoms with Gasteiger partial charge in [0.15, 0.2) is 11.5 Å². The van der Waals surface area contributed by atoms with E-state index in [1.165, 1.54) is 30.3 Å². The molecule has 0 aliphatic rings. The molecule has 0 saturated heterocycles. The van der Waals surface area contributed by atoms with Gasteiger partial charge in [-0.3, -0.25) is 5.32 Å². The first-order chi connectivity index (χ1) is 16.2. The fourth-order valence-corrected chi connectivity index (χ4v) is 3.12. The molecule has 0 aliphatic carbocycles. The summed E-state index contributed by atoms with van der Waals surface area (Å²) in [6, 6.07) is 8.88. The Kier molecular flexibility index (Phi) is 8.73. The number of para-hydroxylation sites is 1. The number of phenols is 1. The van der Waals surface area contributed by atoms with Gasteiger partial charge in [-0.25, -0.2) is 14.4 Å². The lowest BCUT2D eigenvalue weighted by Gasteiger charge is -2.21. The van der Waals surface area contributed by atoms with Crippen molar-refractivity contribution < 1.29 is 38.8 Å². The van der Waals surface area contributed by atoms with E-state index < -0.39 is 29.2 Å². The molecule has 0 aromatic heterocycles. The number of aromatic carboxylic acids is 1. The van der Waals surface area contributed by atoms with E-state index in [2.05, 4.69) is 5.32 Å². The standard InChI is InChI=1S/C26H33NO8/c1-25(2,3)34-23(31)19-10-7-11-20(28)21(19)33-14-8-9-16-15-17(12-13-18(16)22(29)30)27-24(32)35-26(4,5)6/h7,10-13,15,28H,8-9,14H2,1-6H3,(H,27,32)(H,29,30). The smallest absolute Gasteiger partial charge is 0.412 e. The molecular weight excluding hydrogens is 454 g/mol. The van der Waals surface area contributed by atoms with Crippen LogP contribution in [0.5, 0.6) is 11.5 Å². The molecule has 0 heterocycles. The Morgan fingerprint density at radius 2 is 1.57 bits per heavy atom. The number of esters is 1. The van der Waals surface area contributed by atoms with Crippen LogP contribution in [0.2, 0.25) is 0 Å². The molecule has 0 fully saturated rings. The molecule has 190 valence electrons. The fourth-order valence-electron chi connectivity index (χ4n) is 3.12. The predicted octanol–water partition coefficient (Wildman–Crippen LogP) is 5.40. The molecule has 1 amide bonds. The highest BCUT2D eigenvalue weighted by Gasteiger charge is 2.23. The normalized spacial score (nSPS) is 11.5. The van der Waals surface area contributed by atoms with Crippen LogP contribution in [0, 0.1) is 0 Å². The highest BCUT2D eigenvalue weighted by Crippen LogP contribution is 2.32. The highest BCUT2D eigenvalue weighted by atomic mass is 16.6. The molecular formula is C26H33NO8. The van der Waals surface area contributed by atoms with E-state index in [9.17, 15) is 24.6 Å². The molecule has 3 N–H and O–H groups in total. The first-order valence-electron chi connectivity index (χ1n) is 11.2. The second kappa shape index (κ2) is 11.1. The van der Waals surface area contributed by atoms with E-state index in [1.54, 1.807) is 47.6 Å². The summed E-state index contributed by atoms with van der Waals surface area (Å²) in [5.41, 5.74) is -0.323. The van der Waals surface area contributed by atoms with Gasteiger partial charge in [-0.15, -0.1) is 0 Å². The molecule has 0 unspecified atom stereocenters. The molecule has 0 aliphatic heterocycles. The molecule has 0 atom stereocenters. The van der Waals surface area contributed by atoms with Crippen molar-refractivity contribution in [2.45, 2.75) is 65.6 Å². The van der Waals surface area contributed by atoms with Crippen molar-refractivity contribution >= 4 is 23.7 Å². The Hall–Kier alpha value is -3.75. The molecule has 2 rings (SSSR count). The van der Waals surface area contributed by atoms with Crippen molar-refractivity contribution in [2.75, 3.05) is 11.9 Å². The number of aromatic hydroxyl groups is 1. The van der Waals surface area contributed by atoms with Crippen molar-refractivity contribution in [3.63, 3.8) is 0 Å². The van der Waals surface area contributed by atoms with E-state index >= 15 is 0 Å². The van der Waals surface area contributed by atoms with Crippen molar-refractivity contribution in [2.24, 2.45) is 0 Å². The zero-order valence-electron chi connectivity index (χ0n) is 20.9. The molecule has 0 bridgehead atoms. The van der Waals surface area contributed by atoms with Gasteiger partial charge in [0, 0.05) is 5.69 Å². The second-order valence-electron chi connectivity index (χ2n) is 9.91. The van der Waals surface area contributed by atoms with Gasteiger partial charge in [0.1, 0.15) is 16.8 Å². The Balaban J connectivity index is 2.10. The van der Waals surface area contributed by atoms with E-state index in [-0.39, 0.29) is 29.2 Å². The zero-order chi connectivity index (χ0) is 26.4. The molecule has 35 heavy (non-hydrogen) atoms. The monoisotopic (exact) mass is 487 g/mol. The van der Waals surface area contributed by atoms with Crippen LogP contribution < -0.4 is 10.1 Å². The van der Waals surface area contributed by atoms with Gasteiger partial charge in [-0.05, 0) is 90.3 Å². The van der Waals surface area contributed by atoms with Crippen LogP contribution in [0.4, 0.5) is 10.5 Å². The Morgan fingerprint density at radius 1 is 0.914 bits per heavy atom. The summed E-state index contributed by atoms with van der Waals surface area (Å²) < 4.78 is 16.3. The Bertz CT molecular complexity index is 1080. The minimum Gasteiger partial charge on any atom is -0.504 e. The SMILES string of the molecule is CC(C)(C)OC(=O)Nc1ccc(C(=O)O)c(CCCOc2c(O)cccc2C(=O)OC(C)(C)C)c1. The first kappa shape index (κ1) is 27.5. The molecule has 0 radical (unpaired) electrons. The van der Waals surface area contributed by atoms with E-state index in [1.807, 2.05) is 0 Å². The number of nitrogens with one attached hydrogen (secondary N) is 1. The van der Waals surface area contributed by atoms with Crippen LogP contribution in [-0.4, -0.2) is 46.1 Å². The third kappa shape index (κ3) is 8.84. The number of rotatable bonds is 8. The van der Waals surface area contributed by atoms with Gasteiger partial charge in [0.25, 0.3) is 0 Å². The quantitative estimate of drug-likeness (QED) is 0.333.